The average molecular weight is 436 g/mol. The van der Waals surface area contributed by atoms with Crippen molar-refractivity contribution in [2.24, 2.45) is 0 Å². The molecule has 0 spiro atoms. The van der Waals surface area contributed by atoms with Gasteiger partial charge >= 0.3 is 0 Å². The second-order valence-electron chi connectivity index (χ2n) is 7.20. The Balaban J connectivity index is 1.93. The minimum Gasteiger partial charge on any atom is -0.378 e. The van der Waals surface area contributed by atoms with E-state index < -0.39 is 14.9 Å². The van der Waals surface area contributed by atoms with Gasteiger partial charge in [-0.05, 0) is 12.5 Å². The van der Waals surface area contributed by atoms with Crippen LogP contribution in [0.1, 0.15) is 22.6 Å². The van der Waals surface area contributed by atoms with E-state index >= 15 is 0 Å². The van der Waals surface area contributed by atoms with E-state index in [1.165, 1.54) is 22.7 Å². The zero-order valence-corrected chi connectivity index (χ0v) is 18.1. The molecule has 0 aliphatic carbocycles. The van der Waals surface area contributed by atoms with Crippen LogP contribution in [0, 0.1) is 17.0 Å². The summed E-state index contributed by atoms with van der Waals surface area (Å²) in [6.07, 6.45) is 1.70. The van der Waals surface area contributed by atoms with Gasteiger partial charge in [-0.1, -0.05) is 12.1 Å². The fourth-order valence-electron chi connectivity index (χ4n) is 3.51. The number of ether oxygens (including phenoxy) is 1. The minimum atomic E-state index is -3.23. The van der Waals surface area contributed by atoms with Gasteiger partial charge in [-0.2, -0.15) is 4.31 Å². The number of rotatable bonds is 7. The Hall–Kier alpha value is -2.63. The molecule has 0 atom stereocenters. The SMILES string of the molecule is COCc1nc(C)nc(N2CCN(S(C)(=O)=O)CC2)c1Cc1ccc([N+](=O)[O-])cc1. The molecule has 0 unspecified atom stereocenters. The van der Waals surface area contributed by atoms with E-state index in [1.807, 2.05) is 6.92 Å². The summed E-state index contributed by atoms with van der Waals surface area (Å²) in [6.45, 7) is 3.93. The van der Waals surface area contributed by atoms with E-state index in [-0.39, 0.29) is 5.69 Å². The van der Waals surface area contributed by atoms with Gasteiger partial charge in [-0.3, -0.25) is 10.1 Å². The van der Waals surface area contributed by atoms with Crippen molar-refractivity contribution in [1.29, 1.82) is 0 Å². The smallest absolute Gasteiger partial charge is 0.269 e. The number of non-ortho nitro benzene ring substituents is 1. The number of aromatic nitrogens is 2. The highest BCUT2D eigenvalue weighted by Crippen LogP contribution is 2.27. The van der Waals surface area contributed by atoms with E-state index in [0.717, 1.165) is 22.6 Å². The highest BCUT2D eigenvalue weighted by molar-refractivity contribution is 7.88. The van der Waals surface area contributed by atoms with Gasteiger partial charge < -0.3 is 9.64 Å². The number of nitro benzene ring substituents is 1. The lowest BCUT2D eigenvalue weighted by molar-refractivity contribution is -0.384. The lowest BCUT2D eigenvalue weighted by Gasteiger charge is -2.35. The van der Waals surface area contributed by atoms with Crippen LogP contribution in [-0.4, -0.2) is 67.2 Å². The van der Waals surface area contributed by atoms with Crippen molar-refractivity contribution in [3.8, 4) is 0 Å². The number of sulfonamides is 1. The summed E-state index contributed by atoms with van der Waals surface area (Å²) in [4.78, 5) is 21.7. The number of hydrogen-bond donors (Lipinski definition) is 0. The number of benzene rings is 1. The molecule has 11 heteroatoms. The number of methoxy groups -OCH3 is 1. The molecule has 1 aromatic heterocycles. The van der Waals surface area contributed by atoms with E-state index in [1.54, 1.807) is 19.2 Å². The fraction of sp³-hybridized carbons (Fsp3) is 0.474. The van der Waals surface area contributed by atoms with Crippen molar-refractivity contribution in [2.45, 2.75) is 20.0 Å². The molecule has 1 fully saturated rings. The maximum Gasteiger partial charge on any atom is 0.269 e. The van der Waals surface area contributed by atoms with Crippen molar-refractivity contribution in [1.82, 2.24) is 14.3 Å². The molecule has 0 bridgehead atoms. The number of nitrogens with zero attached hydrogens (tertiary/aromatic N) is 5. The maximum atomic E-state index is 11.8. The Morgan fingerprint density at radius 1 is 1.13 bits per heavy atom. The Morgan fingerprint density at radius 2 is 1.77 bits per heavy atom. The molecule has 0 radical (unpaired) electrons. The molecule has 10 nitrogen and oxygen atoms in total. The van der Waals surface area contributed by atoms with Crippen LogP contribution in [0.3, 0.4) is 0 Å². The number of aryl methyl sites for hydroxylation is 1. The van der Waals surface area contributed by atoms with E-state index in [9.17, 15) is 18.5 Å². The van der Waals surface area contributed by atoms with Crippen LogP contribution in [-0.2, 0) is 27.8 Å². The first kappa shape index (κ1) is 22.1. The largest absolute Gasteiger partial charge is 0.378 e. The molecular weight excluding hydrogens is 410 g/mol. The van der Waals surface area contributed by atoms with Crippen LogP contribution in [0.25, 0.3) is 0 Å². The summed E-state index contributed by atoms with van der Waals surface area (Å²) in [5.41, 5.74) is 2.56. The van der Waals surface area contributed by atoms with Crippen molar-refractivity contribution in [3.63, 3.8) is 0 Å². The fourth-order valence-corrected chi connectivity index (χ4v) is 4.33. The van der Waals surface area contributed by atoms with Crippen molar-refractivity contribution in [2.75, 3.05) is 44.4 Å². The van der Waals surface area contributed by atoms with Crippen LogP contribution in [0.15, 0.2) is 24.3 Å². The molecule has 2 heterocycles. The van der Waals surface area contributed by atoms with Gasteiger partial charge in [0, 0.05) is 57.4 Å². The van der Waals surface area contributed by atoms with Crippen LogP contribution in [0.5, 0.6) is 0 Å². The molecule has 3 rings (SSSR count). The van der Waals surface area contributed by atoms with Gasteiger partial charge in [0.15, 0.2) is 0 Å². The second-order valence-corrected chi connectivity index (χ2v) is 9.18. The molecule has 1 saturated heterocycles. The normalized spacial score (nSPS) is 15.4. The van der Waals surface area contributed by atoms with E-state index in [4.69, 9.17) is 4.74 Å². The van der Waals surface area contributed by atoms with Crippen molar-refractivity contribution in [3.05, 3.63) is 57.0 Å². The van der Waals surface area contributed by atoms with Gasteiger partial charge in [-0.25, -0.2) is 18.4 Å². The van der Waals surface area contributed by atoms with E-state index in [2.05, 4.69) is 14.9 Å². The van der Waals surface area contributed by atoms with Gasteiger partial charge in [0.1, 0.15) is 11.6 Å². The number of piperazine rings is 1. The van der Waals surface area contributed by atoms with Crippen LogP contribution >= 0.6 is 0 Å². The highest BCUT2D eigenvalue weighted by Gasteiger charge is 2.27. The molecule has 1 aromatic carbocycles. The highest BCUT2D eigenvalue weighted by atomic mass is 32.2. The first-order chi connectivity index (χ1) is 14.2. The number of anilines is 1. The third-order valence-electron chi connectivity index (χ3n) is 5.00. The first-order valence-electron chi connectivity index (χ1n) is 9.47. The molecule has 1 aliphatic rings. The Bertz CT molecular complexity index is 1020. The number of hydrogen-bond acceptors (Lipinski definition) is 8. The van der Waals surface area contributed by atoms with Gasteiger partial charge in [-0.15, -0.1) is 0 Å². The summed E-state index contributed by atoms with van der Waals surface area (Å²) in [7, 11) is -1.63. The van der Waals surface area contributed by atoms with Crippen molar-refractivity contribution >= 4 is 21.5 Å². The summed E-state index contributed by atoms with van der Waals surface area (Å²) in [5, 5.41) is 10.9. The van der Waals surface area contributed by atoms with Crippen molar-refractivity contribution < 1.29 is 18.1 Å². The van der Waals surface area contributed by atoms with Crippen LogP contribution in [0.2, 0.25) is 0 Å². The Labute approximate surface area is 175 Å². The quantitative estimate of drug-likeness (QED) is 0.474. The van der Waals surface area contributed by atoms with Gasteiger partial charge in [0.25, 0.3) is 5.69 Å². The lowest BCUT2D eigenvalue weighted by Crippen LogP contribution is -2.49. The zero-order chi connectivity index (χ0) is 21.9. The summed E-state index contributed by atoms with van der Waals surface area (Å²) in [6, 6.07) is 6.40. The summed E-state index contributed by atoms with van der Waals surface area (Å²) >= 11 is 0. The standard InChI is InChI=1S/C19H25N5O5S/c1-14-20-18(13-29-2)17(12-15-4-6-16(7-5-15)24(25)26)19(21-14)22-8-10-23(11-9-22)30(3,27)28/h4-7H,8-13H2,1-3H3. The third kappa shape index (κ3) is 5.10. The zero-order valence-electron chi connectivity index (χ0n) is 17.2. The predicted molar refractivity (Wildman–Crippen MR) is 112 cm³/mol. The molecule has 0 saturated carbocycles. The molecular formula is C19H25N5O5S. The van der Waals surface area contributed by atoms with Crippen LogP contribution in [0.4, 0.5) is 11.5 Å². The monoisotopic (exact) mass is 435 g/mol. The lowest BCUT2D eigenvalue weighted by atomic mass is 10.0. The number of nitro groups is 1. The van der Waals surface area contributed by atoms with Crippen LogP contribution < -0.4 is 4.90 Å². The first-order valence-corrected chi connectivity index (χ1v) is 11.3. The Morgan fingerprint density at radius 3 is 2.30 bits per heavy atom. The molecule has 162 valence electrons. The summed E-state index contributed by atoms with van der Waals surface area (Å²) in [5.74, 6) is 1.36. The maximum absolute atomic E-state index is 11.8. The Kier molecular flexibility index (Phi) is 6.64. The molecule has 0 N–H and O–H groups in total. The average Bonchev–Trinajstić information content (AvgIpc) is 2.70. The predicted octanol–water partition coefficient (Wildman–Crippen LogP) is 1.51. The second kappa shape index (κ2) is 9.02. The molecule has 30 heavy (non-hydrogen) atoms. The van der Waals surface area contributed by atoms with Gasteiger partial charge in [0.05, 0.1) is 23.5 Å². The molecule has 0 amide bonds. The molecule has 1 aliphatic heterocycles. The topological polar surface area (TPSA) is 119 Å². The molecule has 2 aromatic rings. The van der Waals surface area contributed by atoms with Gasteiger partial charge in [0.2, 0.25) is 10.0 Å². The minimum absolute atomic E-state index is 0.0353. The summed E-state index contributed by atoms with van der Waals surface area (Å²) < 4.78 is 30.4. The third-order valence-corrected chi connectivity index (χ3v) is 6.30. The van der Waals surface area contributed by atoms with E-state index in [0.29, 0.717) is 45.0 Å².